The number of carbonyl (C=O) groups excluding carboxylic acids is 4. The molecule has 0 saturated heterocycles. The molecule has 0 bridgehead atoms. The number of Topliss-reactive ketones (excluding diaryl/α,β-unsaturated/α-hetero) is 1. The van der Waals surface area contributed by atoms with Gasteiger partial charge in [0.25, 0.3) is 0 Å². The second-order valence-corrected chi connectivity index (χ2v) is 10.1. The Morgan fingerprint density at radius 3 is 2.48 bits per heavy atom. The van der Waals surface area contributed by atoms with Crippen molar-refractivity contribution in [2.45, 2.75) is 59.3 Å². The van der Waals surface area contributed by atoms with Crippen LogP contribution in [0.2, 0.25) is 0 Å². The summed E-state index contributed by atoms with van der Waals surface area (Å²) >= 11 is 0. The summed E-state index contributed by atoms with van der Waals surface area (Å²) in [6.07, 6.45) is 10.8. The van der Waals surface area contributed by atoms with Gasteiger partial charge in [-0.15, -0.1) is 0 Å². The van der Waals surface area contributed by atoms with E-state index in [0.717, 1.165) is 31.3 Å². The van der Waals surface area contributed by atoms with Crippen molar-refractivity contribution in [2.24, 2.45) is 34.5 Å². The van der Waals surface area contributed by atoms with Crippen LogP contribution in [0.4, 0.5) is 0 Å². The zero-order valence-electron chi connectivity index (χ0n) is 18.6. The number of fused-ring (bicyclic) bond motifs is 5. The molecule has 31 heavy (non-hydrogen) atoms. The number of esters is 2. The minimum atomic E-state index is -0.425. The van der Waals surface area contributed by atoms with E-state index in [-0.39, 0.29) is 52.7 Å². The summed E-state index contributed by atoms with van der Waals surface area (Å²) in [4.78, 5) is 47.8. The maximum absolute atomic E-state index is 12.9. The van der Waals surface area contributed by atoms with Gasteiger partial charge in [-0.05, 0) is 66.9 Å². The average molecular weight is 429 g/mol. The Morgan fingerprint density at radius 1 is 1.03 bits per heavy atom. The van der Waals surface area contributed by atoms with Crippen molar-refractivity contribution in [2.75, 3.05) is 13.2 Å². The quantitative estimate of drug-likeness (QED) is 0.622. The lowest BCUT2D eigenvalue weighted by molar-refractivity contribution is -0.150. The van der Waals surface area contributed by atoms with Gasteiger partial charge in [-0.1, -0.05) is 19.1 Å². The summed E-state index contributed by atoms with van der Waals surface area (Å²) in [6.45, 7) is 5.15. The van der Waals surface area contributed by atoms with Crippen LogP contribution in [-0.4, -0.2) is 36.7 Å². The molecule has 4 aliphatic carbocycles. The van der Waals surface area contributed by atoms with Crippen molar-refractivity contribution in [3.05, 3.63) is 23.8 Å². The summed E-state index contributed by atoms with van der Waals surface area (Å²) in [7, 11) is 0. The lowest BCUT2D eigenvalue weighted by Crippen LogP contribution is -2.52. The molecule has 0 aromatic heterocycles. The van der Waals surface area contributed by atoms with E-state index in [2.05, 4.69) is 19.1 Å². The molecule has 2 saturated carbocycles. The van der Waals surface area contributed by atoms with E-state index in [9.17, 15) is 19.2 Å². The summed E-state index contributed by atoms with van der Waals surface area (Å²) in [6, 6.07) is 0. The molecule has 0 unspecified atom stereocenters. The van der Waals surface area contributed by atoms with Gasteiger partial charge in [-0.25, -0.2) is 0 Å². The lowest BCUT2D eigenvalue weighted by Gasteiger charge is -2.56. The number of hydrogen-bond donors (Lipinski definition) is 0. The second-order valence-electron chi connectivity index (χ2n) is 10.1. The third-order valence-corrected chi connectivity index (χ3v) is 8.59. The van der Waals surface area contributed by atoms with Crippen molar-refractivity contribution in [3.8, 4) is 0 Å². The lowest BCUT2D eigenvalue weighted by atomic mass is 9.48. The Bertz CT molecular complexity index is 869. The van der Waals surface area contributed by atoms with Crippen LogP contribution >= 0.6 is 0 Å². The molecule has 0 N–H and O–H groups in total. The molecule has 4 aliphatic rings. The first-order chi connectivity index (χ1) is 14.7. The molecule has 168 valence electrons. The van der Waals surface area contributed by atoms with Gasteiger partial charge in [0.05, 0.1) is 0 Å². The van der Waals surface area contributed by atoms with E-state index < -0.39 is 5.97 Å². The van der Waals surface area contributed by atoms with Crippen LogP contribution in [0.5, 0.6) is 0 Å². The third kappa shape index (κ3) is 3.68. The van der Waals surface area contributed by atoms with Crippen molar-refractivity contribution < 1.29 is 28.7 Å². The highest BCUT2D eigenvalue weighted by atomic mass is 16.5. The highest BCUT2D eigenvalue weighted by Gasteiger charge is 2.60. The van der Waals surface area contributed by atoms with E-state index in [1.165, 1.54) is 13.8 Å². The van der Waals surface area contributed by atoms with Gasteiger partial charge in [0.2, 0.25) is 0 Å². The maximum Gasteiger partial charge on any atom is 0.303 e. The first-order valence-corrected chi connectivity index (χ1v) is 11.4. The van der Waals surface area contributed by atoms with E-state index in [1.54, 1.807) is 6.08 Å². The molecule has 6 heteroatoms. The van der Waals surface area contributed by atoms with Crippen LogP contribution in [0, 0.1) is 34.5 Å². The maximum atomic E-state index is 12.9. The van der Waals surface area contributed by atoms with E-state index in [1.807, 2.05) is 0 Å². The molecule has 0 heterocycles. The molecule has 6 atom stereocenters. The van der Waals surface area contributed by atoms with Crippen LogP contribution < -0.4 is 0 Å². The van der Waals surface area contributed by atoms with Crippen molar-refractivity contribution in [1.29, 1.82) is 0 Å². The summed E-state index contributed by atoms with van der Waals surface area (Å²) in [5.74, 6) is 0.261. The standard InChI is InChI=1S/C25H32O6/c1-15(26)30-13-23(29)22-7-6-20-19-5-4-17-12-18(28)8-11-25(17,14-31-16(2)27)21(19)9-10-24(20,22)3/h4-5,12,19-22H,6-11,13-14H2,1-3H3/t19-,20-,21-,22-,24-,25+/m0/s1. The van der Waals surface area contributed by atoms with E-state index >= 15 is 0 Å². The molecule has 4 rings (SSSR count). The predicted octanol–water partition coefficient (Wildman–Crippen LogP) is 3.59. The first-order valence-electron chi connectivity index (χ1n) is 11.4. The van der Waals surface area contributed by atoms with Gasteiger partial charge in [0, 0.05) is 31.6 Å². The Balaban J connectivity index is 1.63. The van der Waals surface area contributed by atoms with Crippen LogP contribution in [0.15, 0.2) is 23.8 Å². The highest BCUT2D eigenvalue weighted by molar-refractivity contribution is 5.92. The number of allylic oxidation sites excluding steroid dienone is 3. The van der Waals surface area contributed by atoms with Crippen molar-refractivity contribution in [3.63, 3.8) is 0 Å². The van der Waals surface area contributed by atoms with Crippen LogP contribution in [0.1, 0.15) is 59.3 Å². The fraction of sp³-hybridized carbons (Fsp3) is 0.680. The zero-order chi connectivity index (χ0) is 22.4. The summed E-state index contributed by atoms with van der Waals surface area (Å²) in [5.41, 5.74) is 0.548. The van der Waals surface area contributed by atoms with Gasteiger partial charge in [0.15, 0.2) is 11.6 Å². The Kier molecular flexibility index (Phi) is 5.69. The normalized spacial score (nSPS) is 38.4. The SMILES string of the molecule is CC(=O)OCC(=O)[C@@H]1CC[C@H]2[C@@H]3C=CC4=CC(=O)CC[C@]4(COC(C)=O)[C@H]3CC[C@]12C. The topological polar surface area (TPSA) is 86.7 Å². The summed E-state index contributed by atoms with van der Waals surface area (Å²) < 4.78 is 10.6. The fourth-order valence-electron chi connectivity index (χ4n) is 7.11. The smallest absolute Gasteiger partial charge is 0.303 e. The molecule has 0 spiro atoms. The number of ether oxygens (including phenoxy) is 2. The molecular formula is C25H32O6. The van der Waals surface area contributed by atoms with Crippen molar-refractivity contribution >= 4 is 23.5 Å². The Morgan fingerprint density at radius 2 is 1.77 bits per heavy atom. The van der Waals surface area contributed by atoms with E-state index in [4.69, 9.17) is 9.47 Å². The number of carbonyl (C=O) groups is 4. The number of ketones is 2. The largest absolute Gasteiger partial charge is 0.465 e. The molecule has 0 aromatic rings. The van der Waals surface area contributed by atoms with Crippen LogP contribution in [-0.2, 0) is 28.7 Å². The van der Waals surface area contributed by atoms with Gasteiger partial charge in [0.1, 0.15) is 13.2 Å². The number of hydrogen-bond acceptors (Lipinski definition) is 6. The van der Waals surface area contributed by atoms with Crippen LogP contribution in [0.25, 0.3) is 0 Å². The second kappa shape index (κ2) is 8.03. The molecule has 0 aliphatic heterocycles. The van der Waals surface area contributed by atoms with Gasteiger partial charge >= 0.3 is 11.9 Å². The molecule has 0 radical (unpaired) electrons. The third-order valence-electron chi connectivity index (χ3n) is 8.59. The number of rotatable bonds is 5. The first kappa shape index (κ1) is 22.0. The minimum absolute atomic E-state index is 0.0249. The monoisotopic (exact) mass is 428 g/mol. The Labute approximate surface area is 183 Å². The minimum Gasteiger partial charge on any atom is -0.465 e. The van der Waals surface area contributed by atoms with E-state index in [0.29, 0.717) is 25.4 Å². The zero-order valence-corrected chi connectivity index (χ0v) is 18.6. The molecule has 0 aromatic carbocycles. The molecule has 6 nitrogen and oxygen atoms in total. The van der Waals surface area contributed by atoms with Gasteiger partial charge < -0.3 is 9.47 Å². The van der Waals surface area contributed by atoms with Crippen LogP contribution in [0.3, 0.4) is 0 Å². The average Bonchev–Trinajstić information content (AvgIpc) is 3.07. The molecule has 0 amide bonds. The highest BCUT2D eigenvalue weighted by Crippen LogP contribution is 2.65. The van der Waals surface area contributed by atoms with Crippen molar-refractivity contribution in [1.82, 2.24) is 0 Å². The van der Waals surface area contributed by atoms with Gasteiger partial charge in [-0.2, -0.15) is 0 Å². The predicted molar refractivity (Wildman–Crippen MR) is 113 cm³/mol. The summed E-state index contributed by atoms with van der Waals surface area (Å²) in [5, 5.41) is 0. The molecule has 2 fully saturated rings. The molecular weight excluding hydrogens is 396 g/mol. The van der Waals surface area contributed by atoms with Gasteiger partial charge in [-0.3, -0.25) is 19.2 Å². The fourth-order valence-corrected chi connectivity index (χ4v) is 7.11. The Hall–Kier alpha value is -2.24.